The summed E-state index contributed by atoms with van der Waals surface area (Å²) in [6, 6.07) is 15.6. The molecule has 0 aliphatic carbocycles. The smallest absolute Gasteiger partial charge is 0.0737 e. The van der Waals surface area contributed by atoms with Gasteiger partial charge in [0.25, 0.3) is 0 Å². The van der Waals surface area contributed by atoms with E-state index in [9.17, 15) is 0 Å². The number of halogens is 2. The number of fused-ring (bicyclic) bond motifs is 2. The zero-order valence-corrected chi connectivity index (χ0v) is 21.9. The molecule has 0 spiro atoms. The predicted molar refractivity (Wildman–Crippen MR) is 150 cm³/mol. The van der Waals surface area contributed by atoms with Crippen molar-refractivity contribution in [2.45, 2.75) is 0 Å². The molecule has 0 aliphatic rings. The number of methoxy groups -OCH3 is 1. The van der Waals surface area contributed by atoms with Gasteiger partial charge >= 0.3 is 0 Å². The Morgan fingerprint density at radius 1 is 0.722 bits per heavy atom. The summed E-state index contributed by atoms with van der Waals surface area (Å²) < 4.78 is 10.8. The Bertz CT molecular complexity index is 1180. The van der Waals surface area contributed by atoms with Gasteiger partial charge in [0.15, 0.2) is 0 Å². The molecule has 0 fully saturated rings. The number of benzene rings is 2. The van der Waals surface area contributed by atoms with Crippen molar-refractivity contribution in [1.29, 1.82) is 0 Å². The minimum Gasteiger partial charge on any atom is -0.383 e. The van der Waals surface area contributed by atoms with Gasteiger partial charge in [0.2, 0.25) is 0 Å². The fourth-order valence-corrected chi connectivity index (χ4v) is 4.35. The molecule has 7 nitrogen and oxygen atoms in total. The molecule has 0 bridgehead atoms. The number of nitrogens with one attached hydrogen (secondary N) is 2. The Kier molecular flexibility index (Phi) is 9.95. The molecule has 36 heavy (non-hydrogen) atoms. The third-order valence-corrected chi connectivity index (χ3v) is 6.35. The van der Waals surface area contributed by atoms with Gasteiger partial charge in [-0.05, 0) is 48.5 Å². The molecule has 4 rings (SSSR count). The first-order valence-electron chi connectivity index (χ1n) is 12.0. The lowest BCUT2D eigenvalue weighted by Crippen LogP contribution is -2.36. The molecule has 190 valence electrons. The first-order chi connectivity index (χ1) is 17.6. The summed E-state index contributed by atoms with van der Waals surface area (Å²) in [5.74, 6) is 0. The Hall–Kier alpha value is -2.68. The first kappa shape index (κ1) is 26.4. The number of nitrogens with zero attached hydrogens (tertiary/aromatic N) is 3. The molecule has 2 aromatic heterocycles. The minimum atomic E-state index is 0.595. The van der Waals surface area contributed by atoms with E-state index in [1.54, 1.807) is 19.5 Å². The van der Waals surface area contributed by atoms with Gasteiger partial charge in [0.05, 0.1) is 30.9 Å². The van der Waals surface area contributed by atoms with Gasteiger partial charge in [-0.2, -0.15) is 0 Å². The van der Waals surface area contributed by atoms with Gasteiger partial charge in [-0.25, -0.2) is 0 Å². The van der Waals surface area contributed by atoms with Crippen molar-refractivity contribution in [1.82, 2.24) is 14.9 Å². The Balaban J connectivity index is 1.34. The fourth-order valence-electron chi connectivity index (χ4n) is 4.02. The topological polar surface area (TPSA) is 71.5 Å². The molecule has 4 aromatic rings. The highest BCUT2D eigenvalue weighted by Gasteiger charge is 2.08. The molecular weight excluding hydrogens is 497 g/mol. The van der Waals surface area contributed by atoms with Gasteiger partial charge in [0, 0.05) is 84.4 Å². The third-order valence-electron chi connectivity index (χ3n) is 5.88. The van der Waals surface area contributed by atoms with Crippen LogP contribution in [0, 0.1) is 0 Å². The third kappa shape index (κ3) is 7.41. The highest BCUT2D eigenvalue weighted by molar-refractivity contribution is 6.31. The molecule has 9 heteroatoms. The Morgan fingerprint density at radius 2 is 1.28 bits per heavy atom. The van der Waals surface area contributed by atoms with E-state index in [0.29, 0.717) is 29.9 Å². The number of anilines is 2. The molecule has 0 atom stereocenters. The quantitative estimate of drug-likeness (QED) is 0.207. The summed E-state index contributed by atoms with van der Waals surface area (Å²) in [5.41, 5.74) is 3.86. The van der Waals surface area contributed by atoms with E-state index in [2.05, 4.69) is 25.5 Å². The van der Waals surface area contributed by atoms with Crippen LogP contribution < -0.4 is 10.6 Å². The second-order valence-corrected chi connectivity index (χ2v) is 9.21. The van der Waals surface area contributed by atoms with Crippen LogP contribution in [0.25, 0.3) is 21.8 Å². The Morgan fingerprint density at radius 3 is 1.81 bits per heavy atom. The molecule has 0 aliphatic heterocycles. The maximum atomic E-state index is 6.13. The van der Waals surface area contributed by atoms with Crippen LogP contribution in [0.5, 0.6) is 0 Å². The molecule has 0 unspecified atom stereocenters. The van der Waals surface area contributed by atoms with Crippen molar-refractivity contribution in [3.8, 4) is 0 Å². The lowest BCUT2D eigenvalue weighted by Gasteiger charge is -2.23. The van der Waals surface area contributed by atoms with Crippen molar-refractivity contribution >= 4 is 56.4 Å². The fraction of sp³-hybridized carbons (Fsp3) is 0.333. The minimum absolute atomic E-state index is 0.595. The molecule has 2 aromatic carbocycles. The van der Waals surface area contributed by atoms with Crippen molar-refractivity contribution in [2.75, 3.05) is 70.3 Å². The van der Waals surface area contributed by atoms with Crippen LogP contribution in [0.2, 0.25) is 10.0 Å². The second kappa shape index (κ2) is 13.6. The zero-order chi connectivity index (χ0) is 25.2. The molecule has 0 radical (unpaired) electrons. The first-order valence-corrected chi connectivity index (χ1v) is 12.7. The van der Waals surface area contributed by atoms with Gasteiger partial charge in [-0.1, -0.05) is 23.2 Å². The SMILES string of the molecule is COCCOCCN(CCNc1ccnc2cc(Cl)ccc12)CCNc1ccnc2cc(Cl)ccc12. The molecule has 0 amide bonds. The predicted octanol–water partition coefficient (Wildman–Crippen LogP) is 5.58. The number of aromatic nitrogens is 2. The average molecular weight is 528 g/mol. The van der Waals surface area contributed by atoms with E-state index in [0.717, 1.165) is 65.9 Å². The number of hydrogen-bond donors (Lipinski definition) is 2. The van der Waals surface area contributed by atoms with Crippen LogP contribution in [-0.4, -0.2) is 74.5 Å². The highest BCUT2D eigenvalue weighted by atomic mass is 35.5. The van der Waals surface area contributed by atoms with E-state index in [-0.39, 0.29) is 0 Å². The van der Waals surface area contributed by atoms with Crippen LogP contribution in [0.3, 0.4) is 0 Å². The van der Waals surface area contributed by atoms with Crippen molar-refractivity contribution in [3.63, 3.8) is 0 Å². The number of hydrogen-bond acceptors (Lipinski definition) is 7. The summed E-state index contributed by atoms with van der Waals surface area (Å²) in [7, 11) is 1.68. The second-order valence-electron chi connectivity index (χ2n) is 8.34. The molecule has 2 N–H and O–H groups in total. The van der Waals surface area contributed by atoms with Crippen molar-refractivity contribution in [2.24, 2.45) is 0 Å². The van der Waals surface area contributed by atoms with Crippen LogP contribution in [0.1, 0.15) is 0 Å². The zero-order valence-electron chi connectivity index (χ0n) is 20.3. The maximum absolute atomic E-state index is 6.13. The normalized spacial score (nSPS) is 11.4. The van der Waals surface area contributed by atoms with E-state index < -0.39 is 0 Å². The van der Waals surface area contributed by atoms with E-state index in [4.69, 9.17) is 32.7 Å². The Labute approximate surface area is 221 Å². The van der Waals surface area contributed by atoms with Gasteiger partial charge in [-0.15, -0.1) is 0 Å². The standard InChI is InChI=1S/C27H31Cl2N5O2/c1-35-16-17-36-15-14-34(12-10-32-24-6-8-30-26-18-20(28)2-4-22(24)26)13-11-33-25-7-9-31-27-19-21(29)3-5-23(25)27/h2-9,18-19H,10-17H2,1H3,(H,30,32)(H,31,33). The average Bonchev–Trinajstić information content (AvgIpc) is 2.88. The maximum Gasteiger partial charge on any atom is 0.0737 e. The highest BCUT2D eigenvalue weighted by Crippen LogP contribution is 2.25. The monoisotopic (exact) mass is 527 g/mol. The van der Waals surface area contributed by atoms with Crippen LogP contribution in [0.4, 0.5) is 11.4 Å². The molecular formula is C27H31Cl2N5O2. The largest absolute Gasteiger partial charge is 0.383 e. The molecule has 0 saturated heterocycles. The molecule has 2 heterocycles. The van der Waals surface area contributed by atoms with E-state index >= 15 is 0 Å². The summed E-state index contributed by atoms with van der Waals surface area (Å²) in [5, 5.41) is 10.6. The summed E-state index contributed by atoms with van der Waals surface area (Å²) in [4.78, 5) is 11.2. The number of rotatable bonds is 14. The van der Waals surface area contributed by atoms with Crippen molar-refractivity contribution in [3.05, 3.63) is 71.0 Å². The van der Waals surface area contributed by atoms with Crippen LogP contribution in [-0.2, 0) is 9.47 Å². The molecule has 0 saturated carbocycles. The number of pyridine rings is 2. The summed E-state index contributed by atoms with van der Waals surface area (Å²) in [6.45, 7) is 5.97. The van der Waals surface area contributed by atoms with Crippen LogP contribution >= 0.6 is 23.2 Å². The van der Waals surface area contributed by atoms with Crippen molar-refractivity contribution < 1.29 is 9.47 Å². The van der Waals surface area contributed by atoms with Gasteiger partial charge in [-0.3, -0.25) is 14.9 Å². The van der Waals surface area contributed by atoms with Gasteiger partial charge in [0.1, 0.15) is 0 Å². The van der Waals surface area contributed by atoms with E-state index in [1.807, 2.05) is 48.5 Å². The number of ether oxygens (including phenoxy) is 2. The summed E-state index contributed by atoms with van der Waals surface area (Å²) in [6.07, 6.45) is 3.61. The van der Waals surface area contributed by atoms with Crippen LogP contribution in [0.15, 0.2) is 60.9 Å². The van der Waals surface area contributed by atoms with Gasteiger partial charge < -0.3 is 20.1 Å². The van der Waals surface area contributed by atoms with E-state index in [1.165, 1.54) is 0 Å². The lowest BCUT2D eigenvalue weighted by atomic mass is 10.2. The summed E-state index contributed by atoms with van der Waals surface area (Å²) >= 11 is 12.3. The lowest BCUT2D eigenvalue weighted by molar-refractivity contribution is 0.0582.